The second kappa shape index (κ2) is 4.85. The van der Waals surface area contributed by atoms with Crippen LogP contribution in [-0.2, 0) is 20.0 Å². The molecule has 2 heterocycles. The van der Waals surface area contributed by atoms with Crippen LogP contribution in [0.15, 0.2) is 36.8 Å². The highest BCUT2D eigenvalue weighted by molar-refractivity contribution is 5.81. The number of aryl methyl sites for hydroxylation is 1. The first-order valence-electron chi connectivity index (χ1n) is 6.38. The molecule has 0 radical (unpaired) electrons. The number of nitrogens with zero attached hydrogens (tertiary/aromatic N) is 4. The molecule has 0 aliphatic rings. The van der Waals surface area contributed by atoms with Gasteiger partial charge in [-0.15, -0.1) is 0 Å². The largest absolute Gasteiger partial charge is 0.340 e. The molecule has 5 heteroatoms. The molecule has 0 spiro atoms. The number of fused-ring (bicyclic) bond motifs is 1. The summed E-state index contributed by atoms with van der Waals surface area (Å²) < 4.78 is 3.99. The van der Waals surface area contributed by atoms with Gasteiger partial charge in [-0.05, 0) is 42.1 Å². The van der Waals surface area contributed by atoms with Crippen molar-refractivity contribution in [1.82, 2.24) is 19.3 Å². The van der Waals surface area contributed by atoms with Gasteiger partial charge in [-0.2, -0.15) is 5.10 Å². The van der Waals surface area contributed by atoms with E-state index in [0.29, 0.717) is 6.54 Å². The molecule has 2 aromatic heterocycles. The summed E-state index contributed by atoms with van der Waals surface area (Å²) in [6, 6.07) is 8.63. The average molecular weight is 255 g/mol. The van der Waals surface area contributed by atoms with Crippen LogP contribution in [0.3, 0.4) is 0 Å². The van der Waals surface area contributed by atoms with Gasteiger partial charge in [0.15, 0.2) is 0 Å². The molecule has 0 bridgehead atoms. The highest BCUT2D eigenvalue weighted by Crippen LogP contribution is 2.18. The third-order valence-corrected chi connectivity index (χ3v) is 3.39. The summed E-state index contributed by atoms with van der Waals surface area (Å²) >= 11 is 0. The van der Waals surface area contributed by atoms with Crippen LogP contribution in [-0.4, -0.2) is 25.9 Å². The lowest BCUT2D eigenvalue weighted by molar-refractivity contribution is 0.664. The molecule has 2 N–H and O–H groups in total. The third-order valence-electron chi connectivity index (χ3n) is 3.39. The number of hydrogen-bond acceptors (Lipinski definition) is 3. The van der Waals surface area contributed by atoms with Gasteiger partial charge in [-0.1, -0.05) is 6.07 Å². The van der Waals surface area contributed by atoms with Crippen LogP contribution < -0.4 is 5.73 Å². The maximum Gasteiger partial charge on any atom is 0.146 e. The number of rotatable bonds is 4. The Balaban J connectivity index is 1.95. The van der Waals surface area contributed by atoms with E-state index < -0.39 is 0 Å². The second-order valence-corrected chi connectivity index (χ2v) is 4.68. The van der Waals surface area contributed by atoms with Crippen molar-refractivity contribution in [3.05, 3.63) is 48.2 Å². The predicted molar refractivity (Wildman–Crippen MR) is 74.8 cm³/mol. The van der Waals surface area contributed by atoms with Crippen LogP contribution in [0.1, 0.15) is 11.4 Å². The van der Waals surface area contributed by atoms with Crippen LogP contribution in [0.5, 0.6) is 0 Å². The van der Waals surface area contributed by atoms with E-state index in [-0.39, 0.29) is 0 Å². The molecule has 0 saturated carbocycles. The number of aromatic nitrogens is 4. The summed E-state index contributed by atoms with van der Waals surface area (Å²) in [5, 5.41) is 5.34. The van der Waals surface area contributed by atoms with Gasteiger partial charge in [-0.25, -0.2) is 4.98 Å². The lowest BCUT2D eigenvalue weighted by Gasteiger charge is -2.05. The van der Waals surface area contributed by atoms with Crippen molar-refractivity contribution in [3.63, 3.8) is 0 Å². The van der Waals surface area contributed by atoms with E-state index in [9.17, 15) is 0 Å². The van der Waals surface area contributed by atoms with Gasteiger partial charge in [0.25, 0.3) is 0 Å². The second-order valence-electron chi connectivity index (χ2n) is 4.68. The highest BCUT2D eigenvalue weighted by atomic mass is 15.3. The summed E-state index contributed by atoms with van der Waals surface area (Å²) in [4.78, 5) is 4.26. The van der Waals surface area contributed by atoms with Gasteiger partial charge in [0.2, 0.25) is 0 Å². The van der Waals surface area contributed by atoms with Crippen molar-refractivity contribution in [2.75, 3.05) is 6.54 Å². The Kier molecular flexibility index (Phi) is 3.05. The van der Waals surface area contributed by atoms with Gasteiger partial charge in [0, 0.05) is 18.8 Å². The van der Waals surface area contributed by atoms with Crippen molar-refractivity contribution >= 4 is 10.9 Å². The van der Waals surface area contributed by atoms with Crippen LogP contribution in [0, 0.1) is 0 Å². The maximum atomic E-state index is 5.59. The number of hydrogen-bond donors (Lipinski definition) is 1. The molecular formula is C14H17N5. The fourth-order valence-corrected chi connectivity index (χ4v) is 2.33. The van der Waals surface area contributed by atoms with Gasteiger partial charge in [-0.3, -0.25) is 4.68 Å². The summed E-state index contributed by atoms with van der Waals surface area (Å²) in [7, 11) is 1.91. The average Bonchev–Trinajstić information content (AvgIpc) is 2.98. The maximum absolute atomic E-state index is 5.59. The van der Waals surface area contributed by atoms with E-state index in [1.54, 1.807) is 11.0 Å². The Morgan fingerprint density at radius 3 is 2.89 bits per heavy atom. The molecule has 19 heavy (non-hydrogen) atoms. The van der Waals surface area contributed by atoms with Gasteiger partial charge >= 0.3 is 0 Å². The summed E-state index contributed by atoms with van der Waals surface area (Å²) in [5.41, 5.74) is 8.09. The number of benzene rings is 1. The molecule has 0 fully saturated rings. The molecular weight excluding hydrogens is 238 g/mol. The normalized spacial score (nSPS) is 11.3. The van der Waals surface area contributed by atoms with Crippen LogP contribution in [0.25, 0.3) is 10.9 Å². The Morgan fingerprint density at radius 2 is 2.16 bits per heavy atom. The molecule has 0 unspecified atom stereocenters. The van der Waals surface area contributed by atoms with Crippen molar-refractivity contribution in [2.24, 2.45) is 12.8 Å². The molecule has 3 aromatic rings. The zero-order valence-electron chi connectivity index (χ0n) is 11.0. The fourth-order valence-electron chi connectivity index (χ4n) is 2.33. The van der Waals surface area contributed by atoms with E-state index >= 15 is 0 Å². The Bertz CT molecular complexity index is 695. The fraction of sp³-hybridized carbons (Fsp3) is 0.286. The first kappa shape index (κ1) is 11.9. The smallest absolute Gasteiger partial charge is 0.146 e. The topological polar surface area (TPSA) is 61.7 Å². The molecule has 0 saturated heterocycles. The minimum absolute atomic E-state index is 0.686. The molecule has 3 rings (SSSR count). The minimum atomic E-state index is 0.686. The van der Waals surface area contributed by atoms with Crippen molar-refractivity contribution in [3.8, 4) is 0 Å². The van der Waals surface area contributed by atoms with E-state index in [1.165, 1.54) is 16.5 Å². The zero-order chi connectivity index (χ0) is 13.2. The standard InChI is InChI=1S/C14H17N5/c1-18-14(16-10-17-18)9-19-7-5-12-8-11(4-6-15)2-3-13(12)19/h2-3,5,7-8,10H,4,6,9,15H2,1H3. The Morgan fingerprint density at radius 1 is 1.26 bits per heavy atom. The zero-order valence-corrected chi connectivity index (χ0v) is 11.0. The van der Waals surface area contributed by atoms with E-state index in [4.69, 9.17) is 5.73 Å². The SMILES string of the molecule is Cn1ncnc1Cn1ccc2cc(CCN)ccc21. The van der Waals surface area contributed by atoms with E-state index in [1.807, 2.05) is 7.05 Å². The summed E-state index contributed by atoms with van der Waals surface area (Å²) in [6.07, 6.45) is 4.59. The molecule has 5 nitrogen and oxygen atoms in total. The molecule has 98 valence electrons. The summed E-state index contributed by atoms with van der Waals surface area (Å²) in [5.74, 6) is 0.948. The van der Waals surface area contributed by atoms with Crippen LogP contribution >= 0.6 is 0 Å². The molecule has 1 aromatic carbocycles. The minimum Gasteiger partial charge on any atom is -0.340 e. The molecule has 0 amide bonds. The quantitative estimate of drug-likeness (QED) is 0.764. The molecule has 0 aliphatic heterocycles. The first-order valence-corrected chi connectivity index (χ1v) is 6.38. The monoisotopic (exact) mass is 255 g/mol. The van der Waals surface area contributed by atoms with Crippen LogP contribution in [0.4, 0.5) is 0 Å². The predicted octanol–water partition coefficient (Wildman–Crippen LogP) is 1.32. The van der Waals surface area contributed by atoms with Gasteiger partial charge in [0.1, 0.15) is 12.2 Å². The molecule has 0 aliphatic carbocycles. The highest BCUT2D eigenvalue weighted by Gasteiger charge is 2.06. The lowest BCUT2D eigenvalue weighted by Crippen LogP contribution is -2.06. The Labute approximate surface area is 111 Å². The van der Waals surface area contributed by atoms with Crippen molar-refractivity contribution in [2.45, 2.75) is 13.0 Å². The molecule has 0 atom stereocenters. The van der Waals surface area contributed by atoms with E-state index in [2.05, 4.69) is 45.1 Å². The van der Waals surface area contributed by atoms with Gasteiger partial charge in [0.05, 0.1) is 6.54 Å². The van der Waals surface area contributed by atoms with Crippen molar-refractivity contribution in [1.29, 1.82) is 0 Å². The van der Waals surface area contributed by atoms with Gasteiger partial charge < -0.3 is 10.3 Å². The van der Waals surface area contributed by atoms with Crippen LogP contribution in [0.2, 0.25) is 0 Å². The third kappa shape index (κ3) is 2.24. The Hall–Kier alpha value is -2.14. The first-order chi connectivity index (χ1) is 9.28. The lowest BCUT2D eigenvalue weighted by atomic mass is 10.1. The van der Waals surface area contributed by atoms with Crippen molar-refractivity contribution < 1.29 is 0 Å². The van der Waals surface area contributed by atoms with E-state index in [0.717, 1.165) is 18.8 Å². The summed E-state index contributed by atoms with van der Waals surface area (Å²) in [6.45, 7) is 1.42. The number of nitrogens with two attached hydrogens (primary N) is 1.